The van der Waals surface area contributed by atoms with Crippen molar-refractivity contribution in [2.75, 3.05) is 31.6 Å². The van der Waals surface area contributed by atoms with Gasteiger partial charge in [-0.25, -0.2) is 0 Å². The largest absolute Gasteiger partial charge is 0.395 e. The van der Waals surface area contributed by atoms with E-state index in [9.17, 15) is 0 Å². The van der Waals surface area contributed by atoms with Crippen LogP contribution in [0.15, 0.2) is 18.2 Å². The topological polar surface area (TPSA) is 35.5 Å². The molecule has 3 nitrogen and oxygen atoms in total. The van der Waals surface area contributed by atoms with Crippen molar-refractivity contribution in [1.29, 1.82) is 0 Å². The van der Waals surface area contributed by atoms with Crippen molar-refractivity contribution in [2.45, 2.75) is 20.4 Å². The molecule has 0 atom stereocenters. The molecule has 0 saturated carbocycles. The molecule has 1 aromatic carbocycles. The predicted molar refractivity (Wildman–Crippen MR) is 78.4 cm³/mol. The Balaban J connectivity index is 2.80. The van der Waals surface area contributed by atoms with Gasteiger partial charge in [0.25, 0.3) is 0 Å². The van der Waals surface area contributed by atoms with Gasteiger partial charge in [-0.3, -0.25) is 0 Å². The van der Waals surface area contributed by atoms with Crippen LogP contribution >= 0.6 is 11.6 Å². The summed E-state index contributed by atoms with van der Waals surface area (Å²) in [4.78, 5) is 2.03. The van der Waals surface area contributed by atoms with Gasteiger partial charge in [0.15, 0.2) is 0 Å². The highest BCUT2D eigenvalue weighted by atomic mass is 35.5. The Labute approximate surface area is 115 Å². The molecule has 1 rings (SSSR count). The van der Waals surface area contributed by atoms with E-state index < -0.39 is 0 Å². The molecule has 0 aliphatic heterocycles. The number of likely N-dealkylation sites (N-methyl/N-ethyl adjacent to an activating group) is 1. The number of nitrogens with zero attached hydrogens (tertiary/aromatic N) is 1. The average molecular weight is 271 g/mol. The van der Waals surface area contributed by atoms with Gasteiger partial charge in [0, 0.05) is 36.4 Å². The Kier molecular flexibility index (Phi) is 6.47. The molecule has 0 aliphatic carbocycles. The van der Waals surface area contributed by atoms with Gasteiger partial charge in [-0.05, 0) is 24.6 Å². The summed E-state index contributed by atoms with van der Waals surface area (Å²) in [6, 6.07) is 5.88. The standard InChI is InChI=1S/C14H23ClN2O/c1-11(2)9-16-10-12-13(15)5-4-6-14(12)17(3)7-8-18/h4-6,11,16,18H,7-10H2,1-3H3. The molecule has 0 aromatic heterocycles. The number of rotatable bonds is 7. The molecule has 0 amide bonds. The van der Waals surface area contributed by atoms with Crippen LogP contribution in [0.25, 0.3) is 0 Å². The fourth-order valence-electron chi connectivity index (χ4n) is 1.84. The Hall–Kier alpha value is -0.770. The number of nitrogens with one attached hydrogen (secondary N) is 1. The Bertz CT molecular complexity index is 369. The zero-order chi connectivity index (χ0) is 13.5. The number of aliphatic hydroxyl groups is 1. The molecular weight excluding hydrogens is 248 g/mol. The molecule has 0 radical (unpaired) electrons. The summed E-state index contributed by atoms with van der Waals surface area (Å²) < 4.78 is 0. The molecule has 102 valence electrons. The highest BCUT2D eigenvalue weighted by molar-refractivity contribution is 6.31. The first-order valence-electron chi connectivity index (χ1n) is 6.36. The second-order valence-electron chi connectivity index (χ2n) is 4.91. The number of hydrogen-bond acceptors (Lipinski definition) is 3. The minimum Gasteiger partial charge on any atom is -0.395 e. The first kappa shape index (κ1) is 15.3. The maximum absolute atomic E-state index is 9.02. The van der Waals surface area contributed by atoms with Gasteiger partial charge in [-0.1, -0.05) is 31.5 Å². The van der Waals surface area contributed by atoms with Crippen molar-refractivity contribution in [3.63, 3.8) is 0 Å². The summed E-state index contributed by atoms with van der Waals surface area (Å²) in [5, 5.41) is 13.2. The number of hydrogen-bond donors (Lipinski definition) is 2. The highest BCUT2D eigenvalue weighted by Crippen LogP contribution is 2.26. The summed E-state index contributed by atoms with van der Waals surface area (Å²) in [7, 11) is 1.97. The summed E-state index contributed by atoms with van der Waals surface area (Å²) in [6.07, 6.45) is 0. The third-order valence-corrected chi connectivity index (χ3v) is 3.15. The van der Waals surface area contributed by atoms with Crippen molar-refractivity contribution < 1.29 is 5.11 Å². The van der Waals surface area contributed by atoms with E-state index in [4.69, 9.17) is 16.7 Å². The van der Waals surface area contributed by atoms with Crippen molar-refractivity contribution >= 4 is 17.3 Å². The lowest BCUT2D eigenvalue weighted by molar-refractivity contribution is 0.304. The monoisotopic (exact) mass is 270 g/mol. The lowest BCUT2D eigenvalue weighted by Gasteiger charge is -2.22. The van der Waals surface area contributed by atoms with Crippen molar-refractivity contribution in [2.24, 2.45) is 5.92 Å². The van der Waals surface area contributed by atoms with Crippen LogP contribution in [0.4, 0.5) is 5.69 Å². The van der Waals surface area contributed by atoms with E-state index in [1.54, 1.807) is 0 Å². The Morgan fingerprint density at radius 2 is 2.11 bits per heavy atom. The zero-order valence-electron chi connectivity index (χ0n) is 11.4. The third kappa shape index (κ3) is 4.48. The van der Waals surface area contributed by atoms with Crippen LogP contribution in [0.3, 0.4) is 0 Å². The van der Waals surface area contributed by atoms with Crippen LogP contribution in [-0.4, -0.2) is 31.9 Å². The molecular formula is C14H23ClN2O. The summed E-state index contributed by atoms with van der Waals surface area (Å²) >= 11 is 6.26. The fourth-order valence-corrected chi connectivity index (χ4v) is 2.07. The van der Waals surface area contributed by atoms with E-state index in [0.29, 0.717) is 12.5 Å². The number of halogens is 1. The van der Waals surface area contributed by atoms with Crippen molar-refractivity contribution in [3.05, 3.63) is 28.8 Å². The second-order valence-corrected chi connectivity index (χ2v) is 5.31. The highest BCUT2D eigenvalue weighted by Gasteiger charge is 2.10. The van der Waals surface area contributed by atoms with Gasteiger partial charge < -0.3 is 15.3 Å². The number of benzene rings is 1. The average Bonchev–Trinajstić information content (AvgIpc) is 2.31. The molecule has 0 heterocycles. The molecule has 0 bridgehead atoms. The summed E-state index contributed by atoms with van der Waals surface area (Å²) in [5.41, 5.74) is 2.17. The number of aliphatic hydroxyl groups excluding tert-OH is 1. The van der Waals surface area contributed by atoms with Gasteiger partial charge in [-0.15, -0.1) is 0 Å². The van der Waals surface area contributed by atoms with Gasteiger partial charge in [0.2, 0.25) is 0 Å². The smallest absolute Gasteiger partial charge is 0.0606 e. The quantitative estimate of drug-likeness (QED) is 0.799. The molecule has 0 fully saturated rings. The van der Waals surface area contributed by atoms with Crippen molar-refractivity contribution in [1.82, 2.24) is 5.32 Å². The van der Waals surface area contributed by atoms with Crippen molar-refractivity contribution in [3.8, 4) is 0 Å². The van der Waals surface area contributed by atoms with Crippen LogP contribution < -0.4 is 10.2 Å². The second kappa shape index (κ2) is 7.62. The van der Waals surface area contributed by atoms with Crippen LogP contribution in [-0.2, 0) is 6.54 Å². The maximum Gasteiger partial charge on any atom is 0.0606 e. The van der Waals surface area contributed by atoms with Gasteiger partial charge in [-0.2, -0.15) is 0 Å². The third-order valence-electron chi connectivity index (χ3n) is 2.80. The molecule has 18 heavy (non-hydrogen) atoms. The van der Waals surface area contributed by atoms with E-state index in [0.717, 1.165) is 29.4 Å². The van der Waals surface area contributed by atoms with Crippen LogP contribution in [0.2, 0.25) is 5.02 Å². The minimum absolute atomic E-state index is 0.141. The van der Waals surface area contributed by atoms with Crippen LogP contribution in [0.5, 0.6) is 0 Å². The molecule has 2 N–H and O–H groups in total. The van der Waals surface area contributed by atoms with Gasteiger partial charge >= 0.3 is 0 Å². The lowest BCUT2D eigenvalue weighted by atomic mass is 10.1. The normalized spacial score (nSPS) is 11.0. The maximum atomic E-state index is 9.02. The van der Waals surface area contributed by atoms with E-state index in [1.807, 2.05) is 30.1 Å². The molecule has 0 aliphatic rings. The van der Waals surface area contributed by atoms with Crippen LogP contribution in [0, 0.1) is 5.92 Å². The molecule has 4 heteroatoms. The predicted octanol–water partition coefficient (Wildman–Crippen LogP) is 2.51. The Morgan fingerprint density at radius 3 is 2.72 bits per heavy atom. The van der Waals surface area contributed by atoms with E-state index in [-0.39, 0.29) is 6.61 Å². The van der Waals surface area contributed by atoms with E-state index >= 15 is 0 Å². The fraction of sp³-hybridized carbons (Fsp3) is 0.571. The van der Waals surface area contributed by atoms with E-state index in [1.165, 1.54) is 0 Å². The lowest BCUT2D eigenvalue weighted by Crippen LogP contribution is -2.25. The molecule has 1 aromatic rings. The zero-order valence-corrected chi connectivity index (χ0v) is 12.2. The molecule has 0 saturated heterocycles. The van der Waals surface area contributed by atoms with Gasteiger partial charge in [0.05, 0.1) is 6.61 Å². The molecule has 0 spiro atoms. The SMILES string of the molecule is CC(C)CNCc1c(Cl)cccc1N(C)CCO. The molecule has 0 unspecified atom stereocenters. The summed E-state index contributed by atoms with van der Waals surface area (Å²) in [5.74, 6) is 0.617. The van der Waals surface area contributed by atoms with E-state index in [2.05, 4.69) is 19.2 Å². The number of anilines is 1. The minimum atomic E-state index is 0.141. The van der Waals surface area contributed by atoms with Gasteiger partial charge in [0.1, 0.15) is 0 Å². The first-order valence-corrected chi connectivity index (χ1v) is 6.74. The first-order chi connectivity index (χ1) is 8.56. The summed E-state index contributed by atoms with van der Waals surface area (Å²) in [6.45, 7) is 6.83. The Morgan fingerprint density at radius 1 is 1.39 bits per heavy atom. The van der Waals surface area contributed by atoms with Crippen LogP contribution in [0.1, 0.15) is 19.4 Å².